The van der Waals surface area contributed by atoms with Gasteiger partial charge in [0.15, 0.2) is 10.9 Å². The van der Waals surface area contributed by atoms with Gasteiger partial charge in [0.2, 0.25) is 0 Å². The molecule has 0 unspecified atom stereocenters. The van der Waals surface area contributed by atoms with Gasteiger partial charge in [-0.1, -0.05) is 46.8 Å². The molecule has 3 rings (SSSR count). The third-order valence-corrected chi connectivity index (χ3v) is 4.89. The molecule has 0 fully saturated rings. The van der Waals surface area contributed by atoms with Crippen LogP contribution in [0.3, 0.4) is 0 Å². The van der Waals surface area contributed by atoms with Crippen molar-refractivity contribution in [1.82, 2.24) is 29.9 Å². The van der Waals surface area contributed by atoms with Gasteiger partial charge in [0.05, 0.1) is 12.7 Å². The Labute approximate surface area is 154 Å². The summed E-state index contributed by atoms with van der Waals surface area (Å²) in [5, 5.41) is 12.3. The molecule has 0 atom stereocenters. The minimum atomic E-state index is -0.245. The normalized spacial score (nSPS) is 10.8. The molecule has 3 aromatic rings. The number of hydrogen-bond acceptors (Lipinski definition) is 5. The first-order valence-electron chi connectivity index (χ1n) is 7.65. The number of benzene rings is 1. The fourth-order valence-electron chi connectivity index (χ4n) is 2.17. The number of aryl methyl sites for hydroxylation is 1. The molecule has 130 valence electrons. The molecule has 0 radical (unpaired) electrons. The lowest BCUT2D eigenvalue weighted by Crippen LogP contribution is -2.26. The van der Waals surface area contributed by atoms with Crippen molar-refractivity contribution in [2.24, 2.45) is 7.05 Å². The minimum absolute atomic E-state index is 0.245. The van der Waals surface area contributed by atoms with E-state index in [1.165, 1.54) is 0 Å². The summed E-state index contributed by atoms with van der Waals surface area (Å²) in [5.41, 5.74) is 1.21. The number of halogens is 1. The fraction of sp³-hybridized carbons (Fsp3) is 0.250. The van der Waals surface area contributed by atoms with E-state index in [1.807, 2.05) is 42.1 Å². The van der Waals surface area contributed by atoms with Crippen molar-refractivity contribution in [3.05, 3.63) is 59.1 Å². The van der Waals surface area contributed by atoms with E-state index in [0.717, 1.165) is 16.5 Å². The van der Waals surface area contributed by atoms with E-state index in [2.05, 4.69) is 20.6 Å². The molecule has 1 aromatic carbocycles. The number of hydrogen-bond donors (Lipinski definition) is 1. The lowest BCUT2D eigenvalue weighted by atomic mass is 10.2. The number of aromatic nitrogens is 5. The van der Waals surface area contributed by atoms with E-state index in [9.17, 15) is 4.79 Å². The van der Waals surface area contributed by atoms with Crippen LogP contribution in [0.2, 0.25) is 5.02 Å². The quantitative estimate of drug-likeness (QED) is 0.505. The maximum Gasteiger partial charge on any atom is 0.273 e. The van der Waals surface area contributed by atoms with Crippen molar-refractivity contribution in [2.75, 3.05) is 12.3 Å². The Kier molecular flexibility index (Phi) is 5.72. The second kappa shape index (κ2) is 8.17. The summed E-state index contributed by atoms with van der Waals surface area (Å²) in [5.74, 6) is 0.482. The van der Waals surface area contributed by atoms with Gasteiger partial charge in [-0.2, -0.15) is 0 Å². The number of thioether (sulfide) groups is 1. The second-order valence-electron chi connectivity index (χ2n) is 5.32. The van der Waals surface area contributed by atoms with Crippen LogP contribution in [-0.2, 0) is 13.6 Å². The second-order valence-corrected chi connectivity index (χ2v) is 6.79. The van der Waals surface area contributed by atoms with Gasteiger partial charge >= 0.3 is 0 Å². The Morgan fingerprint density at radius 3 is 2.96 bits per heavy atom. The zero-order chi connectivity index (χ0) is 17.6. The van der Waals surface area contributed by atoms with Crippen LogP contribution in [0.25, 0.3) is 0 Å². The maximum absolute atomic E-state index is 12.1. The first-order valence-corrected chi connectivity index (χ1v) is 9.01. The molecule has 25 heavy (non-hydrogen) atoms. The zero-order valence-corrected chi connectivity index (χ0v) is 15.2. The van der Waals surface area contributed by atoms with Gasteiger partial charge in [-0.3, -0.25) is 4.79 Å². The minimum Gasteiger partial charge on any atom is -0.350 e. The molecule has 0 aliphatic heterocycles. The van der Waals surface area contributed by atoms with Crippen LogP contribution in [-0.4, -0.2) is 42.7 Å². The standard InChI is InChI=1S/C16H17ClN6OS/c1-22-8-6-19-16(22)25-9-7-18-15(24)14-11-23(21-20-14)10-12-4-2-3-5-13(12)17/h2-6,8,11H,7,9-10H2,1H3,(H,18,24). The first kappa shape index (κ1) is 17.5. The van der Waals surface area contributed by atoms with Gasteiger partial charge < -0.3 is 9.88 Å². The van der Waals surface area contributed by atoms with Gasteiger partial charge in [0, 0.05) is 36.8 Å². The highest BCUT2D eigenvalue weighted by atomic mass is 35.5. The summed E-state index contributed by atoms with van der Waals surface area (Å²) in [4.78, 5) is 16.3. The van der Waals surface area contributed by atoms with E-state index in [4.69, 9.17) is 11.6 Å². The molecule has 2 aromatic heterocycles. The van der Waals surface area contributed by atoms with Crippen LogP contribution in [0.15, 0.2) is 48.0 Å². The summed E-state index contributed by atoms with van der Waals surface area (Å²) >= 11 is 7.71. The van der Waals surface area contributed by atoms with Crippen LogP contribution >= 0.6 is 23.4 Å². The van der Waals surface area contributed by atoms with Crippen molar-refractivity contribution in [2.45, 2.75) is 11.7 Å². The summed E-state index contributed by atoms with van der Waals surface area (Å²) in [7, 11) is 1.94. The predicted octanol–water partition coefficient (Wildman–Crippen LogP) is 2.24. The van der Waals surface area contributed by atoms with E-state index >= 15 is 0 Å². The third-order valence-electron chi connectivity index (χ3n) is 3.46. The molecule has 0 bridgehead atoms. The van der Waals surface area contributed by atoms with Crippen LogP contribution < -0.4 is 5.32 Å². The molecule has 0 saturated carbocycles. The monoisotopic (exact) mass is 376 g/mol. The van der Waals surface area contributed by atoms with E-state index in [-0.39, 0.29) is 11.6 Å². The highest BCUT2D eigenvalue weighted by Crippen LogP contribution is 2.16. The number of nitrogens with one attached hydrogen (secondary N) is 1. The van der Waals surface area contributed by atoms with Crippen molar-refractivity contribution in [1.29, 1.82) is 0 Å². The average molecular weight is 377 g/mol. The molecule has 0 saturated heterocycles. The van der Waals surface area contributed by atoms with E-state index in [0.29, 0.717) is 18.1 Å². The highest BCUT2D eigenvalue weighted by molar-refractivity contribution is 7.99. The van der Waals surface area contributed by atoms with Gasteiger partial charge in [-0.25, -0.2) is 9.67 Å². The topological polar surface area (TPSA) is 77.6 Å². The largest absolute Gasteiger partial charge is 0.350 e. The lowest BCUT2D eigenvalue weighted by molar-refractivity contribution is 0.0951. The maximum atomic E-state index is 12.1. The molecule has 2 heterocycles. The van der Waals surface area contributed by atoms with Crippen LogP contribution in [0, 0.1) is 0 Å². The molecule has 7 nitrogen and oxygen atoms in total. The van der Waals surface area contributed by atoms with Gasteiger partial charge in [0.25, 0.3) is 5.91 Å². The Morgan fingerprint density at radius 1 is 1.36 bits per heavy atom. The number of carbonyl (C=O) groups is 1. The Bertz CT molecular complexity index is 862. The average Bonchev–Trinajstić information content (AvgIpc) is 3.23. The summed E-state index contributed by atoms with van der Waals surface area (Å²) in [6.07, 6.45) is 5.25. The third kappa shape index (κ3) is 4.61. The van der Waals surface area contributed by atoms with E-state index < -0.39 is 0 Å². The van der Waals surface area contributed by atoms with Crippen LogP contribution in [0.1, 0.15) is 16.1 Å². The summed E-state index contributed by atoms with van der Waals surface area (Å²) in [6.45, 7) is 0.989. The van der Waals surface area contributed by atoms with Crippen molar-refractivity contribution in [3.8, 4) is 0 Å². The number of imidazole rings is 1. The molecular weight excluding hydrogens is 360 g/mol. The smallest absolute Gasteiger partial charge is 0.273 e. The molecule has 0 spiro atoms. The van der Waals surface area contributed by atoms with Crippen molar-refractivity contribution >= 4 is 29.3 Å². The lowest BCUT2D eigenvalue weighted by Gasteiger charge is -2.03. The highest BCUT2D eigenvalue weighted by Gasteiger charge is 2.11. The molecule has 1 amide bonds. The molecule has 0 aliphatic carbocycles. The predicted molar refractivity (Wildman–Crippen MR) is 96.8 cm³/mol. The SMILES string of the molecule is Cn1ccnc1SCCNC(=O)c1cn(Cc2ccccc2Cl)nn1. The molecule has 0 aliphatic rings. The number of rotatable bonds is 7. The van der Waals surface area contributed by atoms with E-state index in [1.54, 1.807) is 28.8 Å². The summed E-state index contributed by atoms with van der Waals surface area (Å²) < 4.78 is 3.53. The fourth-order valence-corrected chi connectivity index (χ4v) is 3.15. The Morgan fingerprint density at radius 2 is 2.20 bits per heavy atom. The summed E-state index contributed by atoms with van der Waals surface area (Å²) in [6, 6.07) is 7.51. The van der Waals surface area contributed by atoms with Gasteiger partial charge in [0.1, 0.15) is 0 Å². The van der Waals surface area contributed by atoms with Crippen LogP contribution in [0.5, 0.6) is 0 Å². The number of carbonyl (C=O) groups excluding carboxylic acids is 1. The van der Waals surface area contributed by atoms with Crippen molar-refractivity contribution in [3.63, 3.8) is 0 Å². The van der Waals surface area contributed by atoms with Gasteiger partial charge in [-0.05, 0) is 11.6 Å². The molecule has 9 heteroatoms. The van der Waals surface area contributed by atoms with Crippen LogP contribution in [0.4, 0.5) is 0 Å². The first-order chi connectivity index (χ1) is 12.1. The number of amides is 1. The number of nitrogens with zero attached hydrogens (tertiary/aromatic N) is 5. The van der Waals surface area contributed by atoms with Gasteiger partial charge in [-0.15, -0.1) is 5.10 Å². The molecule has 1 N–H and O–H groups in total. The van der Waals surface area contributed by atoms with Crippen molar-refractivity contribution < 1.29 is 4.79 Å². The Hall–Kier alpha value is -2.32. The Balaban J connectivity index is 1.49. The molecular formula is C16H17ClN6OS. The zero-order valence-electron chi connectivity index (χ0n) is 13.6.